The summed E-state index contributed by atoms with van der Waals surface area (Å²) in [4.78, 5) is 19.3. The van der Waals surface area contributed by atoms with E-state index in [0.29, 0.717) is 17.8 Å². The van der Waals surface area contributed by atoms with Crippen LogP contribution in [-0.2, 0) is 0 Å². The number of rotatable bonds is 6. The first kappa shape index (κ1) is 14.7. The van der Waals surface area contributed by atoms with E-state index >= 15 is 0 Å². The summed E-state index contributed by atoms with van der Waals surface area (Å²) in [6, 6.07) is 0. The topological polar surface area (TPSA) is 86.4 Å². The largest absolute Gasteiger partial charge is 0.347 e. The van der Waals surface area contributed by atoms with Crippen LogP contribution in [0, 0.1) is 0 Å². The highest BCUT2D eigenvalue weighted by Crippen LogP contribution is 2.14. The van der Waals surface area contributed by atoms with E-state index in [1.807, 2.05) is 30.9 Å². The molecule has 2 rings (SSSR count). The molecule has 1 aromatic heterocycles. The fourth-order valence-electron chi connectivity index (χ4n) is 2.19. The lowest BCUT2D eigenvalue weighted by molar-refractivity contribution is 0.346. The van der Waals surface area contributed by atoms with E-state index in [2.05, 4.69) is 25.3 Å². The second-order valence-corrected chi connectivity index (χ2v) is 5.27. The van der Waals surface area contributed by atoms with Crippen LogP contribution in [-0.4, -0.2) is 67.2 Å². The Morgan fingerprint density at radius 2 is 1.75 bits per heavy atom. The van der Waals surface area contributed by atoms with Crippen molar-refractivity contribution in [2.45, 2.75) is 12.8 Å². The number of nitrogens with two attached hydrogens (primary N) is 1. The van der Waals surface area contributed by atoms with Crippen molar-refractivity contribution < 1.29 is 0 Å². The number of anilines is 3. The summed E-state index contributed by atoms with van der Waals surface area (Å²) < 4.78 is 0. The highest BCUT2D eigenvalue weighted by atomic mass is 15.4. The molecule has 0 spiro atoms. The van der Waals surface area contributed by atoms with E-state index in [0.717, 1.165) is 13.1 Å². The number of aromatic nitrogens is 3. The van der Waals surface area contributed by atoms with Gasteiger partial charge in [-0.3, -0.25) is 5.43 Å². The zero-order valence-electron chi connectivity index (χ0n) is 12.5. The maximum Gasteiger partial charge on any atom is 0.243 e. The van der Waals surface area contributed by atoms with Gasteiger partial charge in [-0.25, -0.2) is 5.84 Å². The van der Waals surface area contributed by atoms with Crippen LogP contribution in [0.3, 0.4) is 0 Å². The molecule has 1 aromatic rings. The lowest BCUT2D eigenvalue weighted by Crippen LogP contribution is -2.33. The summed E-state index contributed by atoms with van der Waals surface area (Å²) >= 11 is 0. The molecule has 112 valence electrons. The van der Waals surface area contributed by atoms with Crippen molar-refractivity contribution in [3.8, 4) is 0 Å². The summed E-state index contributed by atoms with van der Waals surface area (Å²) in [7, 11) is 5.78. The van der Waals surface area contributed by atoms with Crippen LogP contribution in [0.15, 0.2) is 0 Å². The molecular weight excluding hydrogens is 256 g/mol. The van der Waals surface area contributed by atoms with E-state index in [4.69, 9.17) is 5.84 Å². The van der Waals surface area contributed by atoms with Gasteiger partial charge >= 0.3 is 0 Å². The minimum Gasteiger partial charge on any atom is -0.347 e. The van der Waals surface area contributed by atoms with Gasteiger partial charge in [0.2, 0.25) is 17.8 Å². The van der Waals surface area contributed by atoms with Gasteiger partial charge in [0.15, 0.2) is 0 Å². The molecule has 0 saturated carbocycles. The van der Waals surface area contributed by atoms with Gasteiger partial charge in [-0.2, -0.15) is 15.0 Å². The molecule has 1 fully saturated rings. The van der Waals surface area contributed by atoms with Gasteiger partial charge < -0.3 is 14.7 Å². The molecule has 8 heteroatoms. The Morgan fingerprint density at radius 3 is 2.35 bits per heavy atom. The molecule has 0 bridgehead atoms. The summed E-state index contributed by atoms with van der Waals surface area (Å²) in [6.07, 6.45) is 2.61. The SMILES string of the molecule is CN(C)c1nc(NN)nc(N(C)CCN2CCCC2)n1. The molecule has 0 radical (unpaired) electrons. The first-order valence-electron chi connectivity index (χ1n) is 6.93. The number of hydrazine groups is 1. The van der Waals surface area contributed by atoms with Crippen LogP contribution in [0.4, 0.5) is 17.8 Å². The van der Waals surface area contributed by atoms with Crippen LogP contribution in [0.2, 0.25) is 0 Å². The predicted molar refractivity (Wildman–Crippen MR) is 80.9 cm³/mol. The predicted octanol–water partition coefficient (Wildman–Crippen LogP) is -0.245. The van der Waals surface area contributed by atoms with E-state index in [9.17, 15) is 0 Å². The fourth-order valence-corrected chi connectivity index (χ4v) is 2.19. The van der Waals surface area contributed by atoms with Gasteiger partial charge in [0.05, 0.1) is 0 Å². The highest BCUT2D eigenvalue weighted by molar-refractivity contribution is 5.43. The highest BCUT2D eigenvalue weighted by Gasteiger charge is 2.14. The number of nitrogen functional groups attached to an aromatic ring is 1. The minimum absolute atomic E-state index is 0.381. The van der Waals surface area contributed by atoms with Gasteiger partial charge in [0.1, 0.15) is 0 Å². The molecule has 0 unspecified atom stereocenters. The van der Waals surface area contributed by atoms with Gasteiger partial charge in [-0.05, 0) is 25.9 Å². The molecule has 0 aromatic carbocycles. The first-order valence-corrected chi connectivity index (χ1v) is 6.93. The molecule has 8 nitrogen and oxygen atoms in total. The molecule has 0 atom stereocenters. The summed E-state index contributed by atoms with van der Waals surface area (Å²) in [5.41, 5.74) is 2.49. The molecule has 2 heterocycles. The van der Waals surface area contributed by atoms with Crippen LogP contribution < -0.4 is 21.1 Å². The first-order chi connectivity index (χ1) is 9.60. The Hall–Kier alpha value is -1.67. The van der Waals surface area contributed by atoms with Crippen LogP contribution in [0.5, 0.6) is 0 Å². The summed E-state index contributed by atoms with van der Waals surface area (Å²) in [5, 5.41) is 0. The number of likely N-dealkylation sites (N-methyl/N-ethyl adjacent to an activating group) is 1. The molecule has 1 aliphatic rings. The van der Waals surface area contributed by atoms with Gasteiger partial charge in [0, 0.05) is 34.2 Å². The van der Waals surface area contributed by atoms with Gasteiger partial charge in [-0.15, -0.1) is 0 Å². The maximum atomic E-state index is 5.41. The van der Waals surface area contributed by atoms with Gasteiger partial charge in [-0.1, -0.05) is 0 Å². The van der Waals surface area contributed by atoms with Crippen molar-refractivity contribution in [1.29, 1.82) is 0 Å². The molecule has 1 aliphatic heterocycles. The van der Waals surface area contributed by atoms with E-state index in [1.165, 1.54) is 25.9 Å². The van der Waals surface area contributed by atoms with E-state index in [1.54, 1.807) is 0 Å². The lowest BCUT2D eigenvalue weighted by atomic mass is 10.4. The Morgan fingerprint density at radius 1 is 1.10 bits per heavy atom. The van der Waals surface area contributed by atoms with Crippen LogP contribution in [0.25, 0.3) is 0 Å². The second-order valence-electron chi connectivity index (χ2n) is 5.27. The van der Waals surface area contributed by atoms with Crippen molar-refractivity contribution in [1.82, 2.24) is 19.9 Å². The zero-order chi connectivity index (χ0) is 14.5. The van der Waals surface area contributed by atoms with Gasteiger partial charge in [0.25, 0.3) is 0 Å². The van der Waals surface area contributed by atoms with Crippen LogP contribution in [0.1, 0.15) is 12.8 Å². The van der Waals surface area contributed by atoms with Crippen molar-refractivity contribution in [3.63, 3.8) is 0 Å². The van der Waals surface area contributed by atoms with E-state index < -0.39 is 0 Å². The standard InChI is InChI=1S/C12H24N8/c1-18(2)11-14-10(17-13)15-12(16-11)19(3)8-9-20-6-4-5-7-20/h4-9,13H2,1-3H3,(H,14,15,16,17). The van der Waals surface area contributed by atoms with Crippen molar-refractivity contribution in [2.75, 3.05) is 62.5 Å². The number of nitrogens with zero attached hydrogens (tertiary/aromatic N) is 6. The fraction of sp³-hybridized carbons (Fsp3) is 0.750. The number of hydrogen-bond donors (Lipinski definition) is 2. The smallest absolute Gasteiger partial charge is 0.243 e. The van der Waals surface area contributed by atoms with Crippen molar-refractivity contribution >= 4 is 17.8 Å². The number of nitrogens with one attached hydrogen (secondary N) is 1. The quantitative estimate of drug-likeness (QED) is 0.545. The molecule has 0 amide bonds. The zero-order valence-corrected chi connectivity index (χ0v) is 12.5. The number of hydrogen-bond acceptors (Lipinski definition) is 8. The third-order valence-electron chi connectivity index (χ3n) is 3.43. The van der Waals surface area contributed by atoms with Crippen molar-refractivity contribution in [3.05, 3.63) is 0 Å². The summed E-state index contributed by atoms with van der Waals surface area (Å²) in [6.45, 7) is 4.32. The lowest BCUT2D eigenvalue weighted by Gasteiger charge is -2.22. The molecular formula is C12H24N8. The Labute approximate surface area is 120 Å². The Kier molecular flexibility index (Phi) is 4.91. The molecule has 1 saturated heterocycles. The van der Waals surface area contributed by atoms with E-state index in [-0.39, 0.29) is 0 Å². The second kappa shape index (κ2) is 6.67. The average molecular weight is 280 g/mol. The Bertz CT molecular complexity index is 429. The normalized spacial score (nSPS) is 15.4. The third kappa shape index (κ3) is 3.67. The number of likely N-dealkylation sites (tertiary alicyclic amines) is 1. The molecule has 0 aliphatic carbocycles. The monoisotopic (exact) mass is 280 g/mol. The molecule has 20 heavy (non-hydrogen) atoms. The minimum atomic E-state index is 0.381. The maximum absolute atomic E-state index is 5.41. The third-order valence-corrected chi connectivity index (χ3v) is 3.43. The Balaban J connectivity index is 2.03. The molecule has 3 N–H and O–H groups in total. The summed E-state index contributed by atoms with van der Waals surface area (Å²) in [5.74, 6) is 7.02. The average Bonchev–Trinajstić information content (AvgIpc) is 2.97. The van der Waals surface area contributed by atoms with Crippen LogP contribution >= 0.6 is 0 Å². The van der Waals surface area contributed by atoms with Crippen molar-refractivity contribution in [2.24, 2.45) is 5.84 Å².